The van der Waals surface area contributed by atoms with E-state index in [4.69, 9.17) is 0 Å². The molecule has 0 saturated heterocycles. The molecule has 1 aromatic heterocycles. The van der Waals surface area contributed by atoms with E-state index < -0.39 is 0 Å². The summed E-state index contributed by atoms with van der Waals surface area (Å²) in [7, 11) is 0. The Morgan fingerprint density at radius 1 is 1.22 bits per heavy atom. The number of carbonyl (C=O) groups excluding carboxylic acids is 1. The topological polar surface area (TPSA) is 54.9 Å². The highest BCUT2D eigenvalue weighted by Gasteiger charge is 2.04. The molecule has 0 aliphatic rings. The fraction of sp³-hybridized carbons (Fsp3) is 0.0833. The molecule has 92 valence electrons. The van der Waals surface area contributed by atoms with E-state index in [2.05, 4.69) is 31.2 Å². The van der Waals surface area contributed by atoms with Gasteiger partial charge in [-0.3, -0.25) is 4.79 Å². The zero-order chi connectivity index (χ0) is 12.8. The summed E-state index contributed by atoms with van der Waals surface area (Å²) in [6.07, 6.45) is 3.31. The van der Waals surface area contributed by atoms with Gasteiger partial charge in [-0.05, 0) is 28.1 Å². The van der Waals surface area contributed by atoms with Gasteiger partial charge in [0.2, 0.25) is 5.91 Å². The van der Waals surface area contributed by atoms with Crippen molar-refractivity contribution >= 4 is 39.3 Å². The van der Waals surface area contributed by atoms with Crippen LogP contribution in [0, 0.1) is 0 Å². The van der Waals surface area contributed by atoms with Crippen LogP contribution in [0.15, 0.2) is 52.4 Å². The molecule has 2 aromatic rings. The van der Waals surface area contributed by atoms with Crippen molar-refractivity contribution in [1.82, 2.24) is 9.97 Å². The van der Waals surface area contributed by atoms with Crippen LogP contribution >= 0.6 is 27.7 Å². The number of benzene rings is 1. The second-order valence-corrected chi connectivity index (χ2v) is 5.24. The highest BCUT2D eigenvalue weighted by Crippen LogP contribution is 2.14. The Morgan fingerprint density at radius 2 is 1.89 bits per heavy atom. The highest BCUT2D eigenvalue weighted by atomic mass is 79.9. The number of amides is 1. The first-order chi connectivity index (χ1) is 8.74. The van der Waals surface area contributed by atoms with Gasteiger partial charge >= 0.3 is 0 Å². The molecule has 0 spiro atoms. The summed E-state index contributed by atoms with van der Waals surface area (Å²) >= 11 is 4.56. The van der Waals surface area contributed by atoms with Gasteiger partial charge in [-0.25, -0.2) is 9.97 Å². The van der Waals surface area contributed by atoms with E-state index in [1.807, 2.05) is 30.3 Å². The van der Waals surface area contributed by atoms with Crippen LogP contribution in [-0.2, 0) is 4.79 Å². The Balaban J connectivity index is 1.83. The van der Waals surface area contributed by atoms with Crippen molar-refractivity contribution in [2.45, 2.75) is 5.16 Å². The van der Waals surface area contributed by atoms with Gasteiger partial charge in [-0.1, -0.05) is 30.0 Å². The number of hydrogen-bond donors (Lipinski definition) is 1. The van der Waals surface area contributed by atoms with E-state index in [1.54, 1.807) is 12.4 Å². The van der Waals surface area contributed by atoms with Crippen molar-refractivity contribution in [2.24, 2.45) is 0 Å². The van der Waals surface area contributed by atoms with Gasteiger partial charge in [0.05, 0.1) is 10.2 Å². The van der Waals surface area contributed by atoms with Crippen molar-refractivity contribution < 1.29 is 4.79 Å². The van der Waals surface area contributed by atoms with E-state index in [1.165, 1.54) is 11.8 Å². The normalized spacial score (nSPS) is 10.1. The SMILES string of the molecule is O=C(CSc1ncc(Br)cn1)Nc1ccccc1. The lowest BCUT2D eigenvalue weighted by molar-refractivity contribution is -0.113. The van der Waals surface area contributed by atoms with Gasteiger partial charge in [0, 0.05) is 18.1 Å². The Kier molecular flexibility index (Phi) is 4.72. The smallest absolute Gasteiger partial charge is 0.234 e. The van der Waals surface area contributed by atoms with E-state index in [-0.39, 0.29) is 11.7 Å². The average Bonchev–Trinajstić information content (AvgIpc) is 2.39. The minimum absolute atomic E-state index is 0.0716. The second kappa shape index (κ2) is 6.51. The maximum atomic E-state index is 11.7. The van der Waals surface area contributed by atoms with Crippen LogP contribution < -0.4 is 5.32 Å². The number of anilines is 1. The summed E-state index contributed by atoms with van der Waals surface area (Å²) in [6, 6.07) is 9.35. The summed E-state index contributed by atoms with van der Waals surface area (Å²) < 4.78 is 0.820. The second-order valence-electron chi connectivity index (χ2n) is 3.39. The number of para-hydroxylation sites is 1. The molecule has 1 amide bonds. The molecule has 1 aromatic carbocycles. The van der Waals surface area contributed by atoms with Gasteiger partial charge in [0.15, 0.2) is 5.16 Å². The van der Waals surface area contributed by atoms with E-state index in [9.17, 15) is 4.79 Å². The Morgan fingerprint density at radius 3 is 2.56 bits per heavy atom. The lowest BCUT2D eigenvalue weighted by Crippen LogP contribution is -2.14. The molecule has 0 aliphatic carbocycles. The van der Waals surface area contributed by atoms with E-state index in [0.717, 1.165) is 10.2 Å². The molecule has 0 bridgehead atoms. The summed E-state index contributed by atoms with van der Waals surface area (Å²) in [5.74, 6) is 0.217. The number of aromatic nitrogens is 2. The predicted molar refractivity (Wildman–Crippen MR) is 75.5 cm³/mol. The molecular weight excluding hydrogens is 314 g/mol. The van der Waals surface area contributed by atoms with Gasteiger partial charge < -0.3 is 5.32 Å². The van der Waals surface area contributed by atoms with Crippen LogP contribution in [0.3, 0.4) is 0 Å². The van der Waals surface area contributed by atoms with Gasteiger partial charge in [0.25, 0.3) is 0 Å². The van der Waals surface area contributed by atoms with Crippen LogP contribution in [0.5, 0.6) is 0 Å². The number of nitrogens with one attached hydrogen (secondary N) is 1. The number of halogens is 1. The monoisotopic (exact) mass is 323 g/mol. The molecule has 0 radical (unpaired) electrons. The third-order valence-corrected chi connectivity index (χ3v) is 3.27. The number of thioether (sulfide) groups is 1. The summed E-state index contributed by atoms with van der Waals surface area (Å²) in [4.78, 5) is 19.8. The summed E-state index contributed by atoms with van der Waals surface area (Å²) in [5.41, 5.74) is 0.792. The highest BCUT2D eigenvalue weighted by molar-refractivity contribution is 9.10. The first-order valence-electron chi connectivity index (χ1n) is 5.19. The Hall–Kier alpha value is -1.40. The molecule has 1 N–H and O–H groups in total. The number of nitrogens with zero attached hydrogens (tertiary/aromatic N) is 2. The minimum Gasteiger partial charge on any atom is -0.325 e. The number of rotatable bonds is 4. The van der Waals surface area contributed by atoms with Crippen molar-refractivity contribution in [1.29, 1.82) is 0 Å². The molecule has 0 fully saturated rings. The lowest BCUT2D eigenvalue weighted by Gasteiger charge is -2.03. The maximum absolute atomic E-state index is 11.7. The first-order valence-corrected chi connectivity index (χ1v) is 6.97. The molecule has 0 aliphatic heterocycles. The molecule has 6 heteroatoms. The molecule has 0 unspecified atom stereocenters. The minimum atomic E-state index is -0.0716. The van der Waals surface area contributed by atoms with Gasteiger partial charge in [-0.2, -0.15) is 0 Å². The Labute approximate surface area is 117 Å². The molecule has 1 heterocycles. The fourth-order valence-electron chi connectivity index (χ4n) is 1.22. The van der Waals surface area contributed by atoms with Gasteiger partial charge in [0.1, 0.15) is 0 Å². The van der Waals surface area contributed by atoms with Crippen LogP contribution in [0.2, 0.25) is 0 Å². The van der Waals surface area contributed by atoms with E-state index in [0.29, 0.717) is 5.16 Å². The van der Waals surface area contributed by atoms with Crippen molar-refractivity contribution in [2.75, 3.05) is 11.1 Å². The first kappa shape index (κ1) is 13.0. The maximum Gasteiger partial charge on any atom is 0.234 e. The van der Waals surface area contributed by atoms with Crippen molar-refractivity contribution in [3.63, 3.8) is 0 Å². The zero-order valence-corrected chi connectivity index (χ0v) is 11.7. The van der Waals surface area contributed by atoms with E-state index >= 15 is 0 Å². The predicted octanol–water partition coefficient (Wildman–Crippen LogP) is 2.97. The molecule has 0 atom stereocenters. The Bertz CT molecular complexity index is 519. The van der Waals surface area contributed by atoms with Crippen LogP contribution in [0.4, 0.5) is 5.69 Å². The number of carbonyl (C=O) groups is 1. The lowest BCUT2D eigenvalue weighted by atomic mass is 10.3. The molecule has 4 nitrogen and oxygen atoms in total. The molecule has 0 saturated carbocycles. The van der Waals surface area contributed by atoms with Crippen molar-refractivity contribution in [3.8, 4) is 0 Å². The molecule has 2 rings (SSSR count). The molecule has 18 heavy (non-hydrogen) atoms. The standard InChI is InChI=1S/C12H10BrN3OS/c13-9-6-14-12(15-7-9)18-8-11(17)16-10-4-2-1-3-5-10/h1-7H,8H2,(H,16,17). The third kappa shape index (κ3) is 4.12. The zero-order valence-electron chi connectivity index (χ0n) is 9.34. The van der Waals surface area contributed by atoms with Crippen LogP contribution in [0.25, 0.3) is 0 Å². The average molecular weight is 324 g/mol. The summed E-state index contributed by atoms with van der Waals surface area (Å²) in [5, 5.41) is 3.38. The quantitative estimate of drug-likeness (QED) is 0.694. The van der Waals surface area contributed by atoms with Crippen molar-refractivity contribution in [3.05, 3.63) is 47.2 Å². The summed E-state index contributed by atoms with van der Waals surface area (Å²) in [6.45, 7) is 0. The molecular formula is C12H10BrN3OS. The van der Waals surface area contributed by atoms with Crippen LogP contribution in [0.1, 0.15) is 0 Å². The largest absolute Gasteiger partial charge is 0.325 e. The van der Waals surface area contributed by atoms with Crippen LogP contribution in [-0.4, -0.2) is 21.6 Å². The van der Waals surface area contributed by atoms with Gasteiger partial charge in [-0.15, -0.1) is 0 Å². The third-order valence-electron chi connectivity index (χ3n) is 1.99. The fourth-order valence-corrected chi connectivity index (χ4v) is 2.02. The number of hydrogen-bond acceptors (Lipinski definition) is 4.